The average molecular weight is 467 g/mol. The summed E-state index contributed by atoms with van der Waals surface area (Å²) in [6.45, 7) is 3.14. The van der Waals surface area contributed by atoms with Crippen LogP contribution < -0.4 is 4.74 Å². The molecule has 0 aliphatic carbocycles. The Hall–Kier alpha value is -2.64. The first-order chi connectivity index (χ1) is 15.8. The maximum Gasteiger partial charge on any atom is 0.428 e. The molecule has 0 aliphatic heterocycles. The molecule has 0 amide bonds. The van der Waals surface area contributed by atoms with Crippen molar-refractivity contribution in [2.75, 3.05) is 6.61 Å². The zero-order valence-corrected chi connectivity index (χ0v) is 19.4. The van der Waals surface area contributed by atoms with E-state index < -0.39 is 24.9 Å². The van der Waals surface area contributed by atoms with Gasteiger partial charge in [0.15, 0.2) is 0 Å². The zero-order chi connectivity index (χ0) is 24.1. The summed E-state index contributed by atoms with van der Waals surface area (Å²) in [5.41, 5.74) is 2.91. The minimum atomic E-state index is -4.74. The number of alkyl halides is 3. The van der Waals surface area contributed by atoms with Gasteiger partial charge >= 0.3 is 18.2 Å². The van der Waals surface area contributed by atoms with Crippen molar-refractivity contribution in [2.24, 2.45) is 0 Å². The van der Waals surface area contributed by atoms with Gasteiger partial charge in [0.05, 0.1) is 0 Å². The lowest BCUT2D eigenvalue weighted by atomic mass is 10.0. The molecule has 0 radical (unpaired) electrons. The summed E-state index contributed by atoms with van der Waals surface area (Å²) in [5, 5.41) is 0. The molecule has 0 saturated carbocycles. The van der Waals surface area contributed by atoms with Crippen LogP contribution in [0.4, 0.5) is 13.2 Å². The van der Waals surface area contributed by atoms with Crippen LogP contribution >= 0.6 is 0 Å². The second-order valence-electron chi connectivity index (χ2n) is 8.05. The monoisotopic (exact) mass is 466 g/mol. The number of carbonyl (C=O) groups excluding carboxylic acids is 1. The number of esters is 1. The third-order valence-corrected chi connectivity index (χ3v) is 5.22. The van der Waals surface area contributed by atoms with Crippen LogP contribution in [0.2, 0.25) is 0 Å². The van der Waals surface area contributed by atoms with E-state index >= 15 is 0 Å². The van der Waals surface area contributed by atoms with E-state index in [4.69, 9.17) is 4.74 Å². The number of aryl methyl sites for hydroxylation is 1. The minimum Gasteiger partial charge on any atom is -0.459 e. The molecule has 5 nitrogen and oxygen atoms in total. The van der Waals surface area contributed by atoms with Crippen LogP contribution in [0.25, 0.3) is 11.1 Å². The van der Waals surface area contributed by atoms with Gasteiger partial charge in [-0.1, -0.05) is 70.2 Å². The average Bonchev–Trinajstić information content (AvgIpc) is 2.80. The van der Waals surface area contributed by atoms with E-state index in [1.165, 1.54) is 50.1 Å². The first-order valence-corrected chi connectivity index (χ1v) is 11.6. The topological polar surface area (TPSA) is 61.3 Å². The lowest BCUT2D eigenvalue weighted by Crippen LogP contribution is -2.39. The zero-order valence-electron chi connectivity index (χ0n) is 19.4. The normalized spacial score (nSPS) is 12.4. The van der Waals surface area contributed by atoms with Gasteiger partial charge in [0.2, 0.25) is 6.10 Å². The Bertz CT molecular complexity index is 824. The second-order valence-corrected chi connectivity index (χ2v) is 8.05. The summed E-state index contributed by atoms with van der Waals surface area (Å²) in [7, 11) is 0. The third-order valence-electron chi connectivity index (χ3n) is 5.22. The Morgan fingerprint density at radius 1 is 0.909 bits per heavy atom. The number of benzene rings is 1. The van der Waals surface area contributed by atoms with Crippen molar-refractivity contribution < 1.29 is 27.4 Å². The Kier molecular flexibility index (Phi) is 11.1. The molecule has 0 fully saturated rings. The van der Waals surface area contributed by atoms with Gasteiger partial charge in [0.1, 0.15) is 6.61 Å². The smallest absolute Gasteiger partial charge is 0.428 e. The number of nitrogens with zero attached hydrogens (tertiary/aromatic N) is 2. The van der Waals surface area contributed by atoms with Gasteiger partial charge in [-0.3, -0.25) is 4.79 Å². The van der Waals surface area contributed by atoms with Crippen LogP contribution in [0.5, 0.6) is 6.01 Å². The van der Waals surface area contributed by atoms with Gasteiger partial charge in [0, 0.05) is 24.4 Å². The number of hydrogen-bond donors (Lipinski definition) is 0. The number of ether oxygens (including phenoxy) is 2. The first-order valence-electron chi connectivity index (χ1n) is 11.6. The quantitative estimate of drug-likeness (QED) is 0.229. The molecule has 0 bridgehead atoms. The van der Waals surface area contributed by atoms with Crippen LogP contribution in [0.1, 0.15) is 70.8 Å². The van der Waals surface area contributed by atoms with Crippen LogP contribution in [-0.2, 0) is 16.0 Å². The maximum atomic E-state index is 13.2. The number of aromatic nitrogens is 2. The van der Waals surface area contributed by atoms with E-state index in [1.807, 2.05) is 19.1 Å². The summed E-state index contributed by atoms with van der Waals surface area (Å²) in [5.74, 6) is -0.900. The van der Waals surface area contributed by atoms with Crippen LogP contribution in [-0.4, -0.2) is 34.8 Å². The number of halogens is 3. The van der Waals surface area contributed by atoms with Gasteiger partial charge in [-0.15, -0.1) is 0 Å². The highest BCUT2D eigenvalue weighted by molar-refractivity contribution is 5.69. The van der Waals surface area contributed by atoms with Crippen molar-refractivity contribution in [3.63, 3.8) is 0 Å². The highest BCUT2D eigenvalue weighted by Gasteiger charge is 2.43. The molecule has 1 unspecified atom stereocenters. The minimum absolute atomic E-state index is 0.0636. The molecule has 8 heteroatoms. The SMILES string of the molecule is CCCCCCCc1ccc(-c2cnc(OCC(OC(=O)CCCC)C(F)(F)F)nc2)cc1. The van der Waals surface area contributed by atoms with Gasteiger partial charge in [-0.2, -0.15) is 13.2 Å². The Labute approximate surface area is 193 Å². The highest BCUT2D eigenvalue weighted by Crippen LogP contribution is 2.25. The fourth-order valence-corrected chi connectivity index (χ4v) is 3.22. The highest BCUT2D eigenvalue weighted by atomic mass is 19.4. The van der Waals surface area contributed by atoms with Crippen molar-refractivity contribution in [1.82, 2.24) is 9.97 Å². The fraction of sp³-hybridized carbons (Fsp3) is 0.560. The summed E-state index contributed by atoms with van der Waals surface area (Å²) < 4.78 is 49.1. The lowest BCUT2D eigenvalue weighted by Gasteiger charge is -2.20. The maximum absolute atomic E-state index is 13.2. The summed E-state index contributed by atoms with van der Waals surface area (Å²) in [6, 6.07) is 7.90. The molecule has 0 spiro atoms. The molecule has 0 N–H and O–H groups in total. The number of hydrogen-bond acceptors (Lipinski definition) is 5. The van der Waals surface area contributed by atoms with Crippen molar-refractivity contribution in [3.05, 3.63) is 42.2 Å². The largest absolute Gasteiger partial charge is 0.459 e. The number of unbranched alkanes of at least 4 members (excludes halogenated alkanes) is 5. The Morgan fingerprint density at radius 2 is 1.55 bits per heavy atom. The lowest BCUT2D eigenvalue weighted by molar-refractivity contribution is -0.227. The van der Waals surface area contributed by atoms with Crippen molar-refractivity contribution >= 4 is 5.97 Å². The predicted molar refractivity (Wildman–Crippen MR) is 121 cm³/mol. The summed E-state index contributed by atoms with van der Waals surface area (Å²) >= 11 is 0. The molecule has 1 heterocycles. The Morgan fingerprint density at radius 3 is 2.15 bits per heavy atom. The predicted octanol–water partition coefficient (Wildman–Crippen LogP) is 6.70. The van der Waals surface area contributed by atoms with Crippen LogP contribution in [0.3, 0.4) is 0 Å². The second kappa shape index (κ2) is 13.8. The molecule has 2 rings (SSSR count). The number of rotatable bonds is 14. The molecule has 1 aromatic carbocycles. The fourth-order valence-electron chi connectivity index (χ4n) is 3.22. The van der Waals surface area contributed by atoms with E-state index in [2.05, 4.69) is 33.8 Å². The van der Waals surface area contributed by atoms with Crippen molar-refractivity contribution in [2.45, 2.75) is 83.9 Å². The molecular weight excluding hydrogens is 433 g/mol. The standard InChI is InChI=1S/C25H33F3N2O3/c1-3-5-7-8-9-10-19-12-14-20(15-13-19)21-16-29-24(30-17-21)32-18-22(25(26,27)28)33-23(31)11-6-4-2/h12-17,22H,3-11,18H2,1-2H3. The van der Waals surface area contributed by atoms with E-state index in [1.54, 1.807) is 0 Å². The van der Waals surface area contributed by atoms with E-state index in [0.29, 0.717) is 12.8 Å². The van der Waals surface area contributed by atoms with Gasteiger partial charge < -0.3 is 9.47 Å². The molecule has 182 valence electrons. The van der Waals surface area contributed by atoms with Crippen LogP contribution in [0.15, 0.2) is 36.7 Å². The van der Waals surface area contributed by atoms with Gasteiger partial charge in [-0.05, 0) is 30.4 Å². The molecule has 1 atom stereocenters. The third kappa shape index (κ3) is 9.80. The molecule has 1 aromatic heterocycles. The summed E-state index contributed by atoms with van der Waals surface area (Å²) in [6.07, 6.45) is 4.21. The molecule has 0 saturated heterocycles. The van der Waals surface area contributed by atoms with Gasteiger partial charge in [0.25, 0.3) is 0 Å². The van der Waals surface area contributed by atoms with Crippen molar-refractivity contribution in [3.8, 4) is 17.1 Å². The van der Waals surface area contributed by atoms with E-state index in [-0.39, 0.29) is 12.4 Å². The van der Waals surface area contributed by atoms with E-state index in [0.717, 1.165) is 17.5 Å². The molecule has 2 aromatic rings. The van der Waals surface area contributed by atoms with Crippen molar-refractivity contribution in [1.29, 1.82) is 0 Å². The molecular formula is C25H33F3N2O3. The first kappa shape index (κ1) is 26.6. The Balaban J connectivity index is 1.88. The van der Waals surface area contributed by atoms with Crippen LogP contribution in [0, 0.1) is 0 Å². The van der Waals surface area contributed by atoms with E-state index in [9.17, 15) is 18.0 Å². The molecule has 33 heavy (non-hydrogen) atoms. The number of carbonyl (C=O) groups is 1. The van der Waals surface area contributed by atoms with Gasteiger partial charge in [-0.25, -0.2) is 9.97 Å². The summed E-state index contributed by atoms with van der Waals surface area (Å²) in [4.78, 5) is 19.6. The molecule has 0 aliphatic rings.